The van der Waals surface area contributed by atoms with Gasteiger partial charge < -0.3 is 10.6 Å². The van der Waals surface area contributed by atoms with Gasteiger partial charge in [-0.3, -0.25) is 9.69 Å². The highest BCUT2D eigenvalue weighted by Gasteiger charge is 2.33. The second-order valence-electron chi connectivity index (χ2n) is 5.35. The van der Waals surface area contributed by atoms with E-state index in [1.807, 2.05) is 4.90 Å². The standard InChI is InChI=1S/C11H21N3O3S/c1-13(10-3-5-18(16,17)8-10)11(15)7-14-4-2-9(12)6-14/h9-10H,2-8,12H2,1H3. The second-order valence-corrected chi connectivity index (χ2v) is 7.57. The van der Waals surface area contributed by atoms with Gasteiger partial charge >= 0.3 is 0 Å². The maximum absolute atomic E-state index is 12.1. The summed E-state index contributed by atoms with van der Waals surface area (Å²) in [7, 11) is -1.24. The third kappa shape index (κ3) is 3.21. The molecule has 2 atom stereocenters. The topological polar surface area (TPSA) is 83.7 Å². The Morgan fingerprint density at radius 1 is 1.44 bits per heavy atom. The van der Waals surface area contributed by atoms with E-state index in [1.165, 1.54) is 0 Å². The smallest absolute Gasteiger partial charge is 0.236 e. The van der Waals surface area contributed by atoms with Crippen LogP contribution in [0.5, 0.6) is 0 Å². The minimum Gasteiger partial charge on any atom is -0.341 e. The van der Waals surface area contributed by atoms with Gasteiger partial charge in [0.2, 0.25) is 5.91 Å². The van der Waals surface area contributed by atoms with E-state index in [0.29, 0.717) is 13.0 Å². The Hall–Kier alpha value is -0.660. The Morgan fingerprint density at radius 2 is 2.17 bits per heavy atom. The third-order valence-corrected chi connectivity index (χ3v) is 5.57. The van der Waals surface area contributed by atoms with Gasteiger partial charge in [0.05, 0.1) is 18.1 Å². The van der Waals surface area contributed by atoms with E-state index in [9.17, 15) is 13.2 Å². The number of carbonyl (C=O) groups excluding carboxylic acids is 1. The molecule has 0 spiro atoms. The first-order valence-electron chi connectivity index (χ1n) is 6.31. The van der Waals surface area contributed by atoms with E-state index >= 15 is 0 Å². The summed E-state index contributed by atoms with van der Waals surface area (Å²) in [6.07, 6.45) is 1.49. The van der Waals surface area contributed by atoms with Crippen molar-refractivity contribution in [2.75, 3.05) is 38.2 Å². The van der Waals surface area contributed by atoms with Gasteiger partial charge in [0.15, 0.2) is 9.84 Å². The van der Waals surface area contributed by atoms with Gasteiger partial charge in [-0.25, -0.2) is 8.42 Å². The second kappa shape index (κ2) is 5.14. The summed E-state index contributed by atoms with van der Waals surface area (Å²) in [5, 5.41) is 0. The molecule has 2 N–H and O–H groups in total. The number of carbonyl (C=O) groups is 1. The quantitative estimate of drug-likeness (QED) is 0.689. The van der Waals surface area contributed by atoms with Crippen LogP contribution in [0.3, 0.4) is 0 Å². The number of hydrogen-bond donors (Lipinski definition) is 1. The zero-order chi connectivity index (χ0) is 13.3. The summed E-state index contributed by atoms with van der Waals surface area (Å²) >= 11 is 0. The van der Waals surface area contributed by atoms with Gasteiger partial charge in [-0.05, 0) is 12.8 Å². The van der Waals surface area contributed by atoms with Crippen molar-refractivity contribution in [3.63, 3.8) is 0 Å². The predicted octanol–water partition coefficient (Wildman–Crippen LogP) is -1.34. The zero-order valence-electron chi connectivity index (χ0n) is 10.7. The number of nitrogens with two attached hydrogens (primary N) is 1. The third-order valence-electron chi connectivity index (χ3n) is 3.82. The van der Waals surface area contributed by atoms with Crippen LogP contribution in [0.15, 0.2) is 0 Å². The van der Waals surface area contributed by atoms with Gasteiger partial charge in [0.25, 0.3) is 0 Å². The molecule has 2 saturated heterocycles. The van der Waals surface area contributed by atoms with E-state index in [-0.39, 0.29) is 29.5 Å². The molecule has 2 unspecified atom stereocenters. The van der Waals surface area contributed by atoms with Crippen LogP contribution in [0.1, 0.15) is 12.8 Å². The summed E-state index contributed by atoms with van der Waals surface area (Å²) in [6, 6.07) is 0.00809. The van der Waals surface area contributed by atoms with E-state index in [1.54, 1.807) is 11.9 Å². The molecule has 0 saturated carbocycles. The van der Waals surface area contributed by atoms with E-state index < -0.39 is 9.84 Å². The summed E-state index contributed by atoms with van der Waals surface area (Å²) in [4.78, 5) is 15.7. The minimum atomic E-state index is -2.94. The van der Waals surface area contributed by atoms with Crippen LogP contribution in [0, 0.1) is 0 Å². The lowest BCUT2D eigenvalue weighted by Crippen LogP contribution is -2.43. The van der Waals surface area contributed by atoms with Crippen molar-refractivity contribution in [3.05, 3.63) is 0 Å². The van der Waals surface area contributed by atoms with Crippen LogP contribution in [-0.4, -0.2) is 74.4 Å². The molecule has 0 aliphatic carbocycles. The SMILES string of the molecule is CN(C(=O)CN1CCC(N)C1)C1CCS(=O)(=O)C1. The molecule has 2 heterocycles. The number of likely N-dealkylation sites (tertiary alicyclic amines) is 1. The molecule has 2 aliphatic rings. The number of rotatable bonds is 3. The maximum Gasteiger partial charge on any atom is 0.236 e. The number of amides is 1. The lowest BCUT2D eigenvalue weighted by Gasteiger charge is -2.26. The van der Waals surface area contributed by atoms with Crippen molar-refractivity contribution in [2.45, 2.75) is 24.9 Å². The van der Waals surface area contributed by atoms with Crippen LogP contribution < -0.4 is 5.73 Å². The highest BCUT2D eigenvalue weighted by atomic mass is 32.2. The molecule has 0 bridgehead atoms. The number of nitrogens with zero attached hydrogens (tertiary/aromatic N) is 2. The van der Waals surface area contributed by atoms with Gasteiger partial charge in [-0.15, -0.1) is 0 Å². The lowest BCUT2D eigenvalue weighted by atomic mass is 10.2. The molecule has 2 fully saturated rings. The molecule has 1 amide bonds. The van der Waals surface area contributed by atoms with Crippen molar-refractivity contribution >= 4 is 15.7 Å². The van der Waals surface area contributed by atoms with Gasteiger partial charge in [-0.1, -0.05) is 0 Å². The van der Waals surface area contributed by atoms with Crippen molar-refractivity contribution < 1.29 is 13.2 Å². The molecule has 2 aliphatic heterocycles. The molecule has 2 rings (SSSR count). The molecule has 7 heteroatoms. The summed E-state index contributed by atoms with van der Waals surface area (Å²) < 4.78 is 22.8. The maximum atomic E-state index is 12.1. The first-order valence-corrected chi connectivity index (χ1v) is 8.13. The average molecular weight is 275 g/mol. The molecule has 0 aromatic carbocycles. The van der Waals surface area contributed by atoms with Gasteiger partial charge in [0.1, 0.15) is 0 Å². The zero-order valence-corrected chi connectivity index (χ0v) is 11.5. The molecule has 0 aromatic heterocycles. The number of likely N-dealkylation sites (N-methyl/N-ethyl adjacent to an activating group) is 1. The van der Waals surface area contributed by atoms with E-state index in [0.717, 1.165) is 19.5 Å². The number of hydrogen-bond acceptors (Lipinski definition) is 5. The molecular formula is C11H21N3O3S. The molecule has 6 nitrogen and oxygen atoms in total. The average Bonchev–Trinajstić information content (AvgIpc) is 2.83. The normalized spacial score (nSPS) is 31.7. The Kier molecular flexibility index (Phi) is 3.93. The highest BCUT2D eigenvalue weighted by molar-refractivity contribution is 7.91. The van der Waals surface area contributed by atoms with Gasteiger partial charge in [-0.2, -0.15) is 0 Å². The van der Waals surface area contributed by atoms with Crippen molar-refractivity contribution in [2.24, 2.45) is 5.73 Å². The predicted molar refractivity (Wildman–Crippen MR) is 68.9 cm³/mol. The molecular weight excluding hydrogens is 254 g/mol. The monoisotopic (exact) mass is 275 g/mol. The molecule has 104 valence electrons. The van der Waals surface area contributed by atoms with Gasteiger partial charge in [0, 0.05) is 32.2 Å². The van der Waals surface area contributed by atoms with Crippen molar-refractivity contribution in [1.82, 2.24) is 9.80 Å². The summed E-state index contributed by atoms with van der Waals surface area (Å²) in [5.74, 6) is 0.296. The fourth-order valence-corrected chi connectivity index (χ4v) is 4.37. The summed E-state index contributed by atoms with van der Waals surface area (Å²) in [5.41, 5.74) is 5.79. The number of sulfone groups is 1. The van der Waals surface area contributed by atoms with Crippen LogP contribution in [0.4, 0.5) is 0 Å². The fourth-order valence-electron chi connectivity index (χ4n) is 2.59. The van der Waals surface area contributed by atoms with Crippen LogP contribution >= 0.6 is 0 Å². The first kappa shape index (κ1) is 13.8. The Balaban J connectivity index is 1.85. The van der Waals surface area contributed by atoms with Crippen LogP contribution in [-0.2, 0) is 14.6 Å². The lowest BCUT2D eigenvalue weighted by molar-refractivity contribution is -0.132. The summed E-state index contributed by atoms with van der Waals surface area (Å²) in [6.45, 7) is 1.95. The molecule has 0 radical (unpaired) electrons. The van der Waals surface area contributed by atoms with E-state index in [2.05, 4.69) is 0 Å². The van der Waals surface area contributed by atoms with E-state index in [4.69, 9.17) is 5.73 Å². The first-order chi connectivity index (χ1) is 8.37. The molecule has 18 heavy (non-hydrogen) atoms. The fraction of sp³-hybridized carbons (Fsp3) is 0.909. The Morgan fingerprint density at radius 3 is 2.67 bits per heavy atom. The molecule has 0 aromatic rings. The van der Waals surface area contributed by atoms with Crippen LogP contribution in [0.25, 0.3) is 0 Å². The largest absolute Gasteiger partial charge is 0.341 e. The highest BCUT2D eigenvalue weighted by Crippen LogP contribution is 2.17. The Labute approximate surface area is 108 Å². The van der Waals surface area contributed by atoms with Crippen LogP contribution in [0.2, 0.25) is 0 Å². The Bertz CT molecular complexity index is 423. The minimum absolute atomic E-state index is 0.00815. The van der Waals surface area contributed by atoms with Crippen molar-refractivity contribution in [1.29, 1.82) is 0 Å². The van der Waals surface area contributed by atoms with Crippen molar-refractivity contribution in [3.8, 4) is 0 Å².